The van der Waals surface area contributed by atoms with Gasteiger partial charge in [-0.1, -0.05) is 28.1 Å². The molecule has 0 heterocycles. The molecular formula is C16H17BrO3. The fourth-order valence-electron chi connectivity index (χ4n) is 2.15. The Hall–Kier alpha value is -1.52. The van der Waals surface area contributed by atoms with Gasteiger partial charge >= 0.3 is 0 Å². The van der Waals surface area contributed by atoms with Crippen molar-refractivity contribution in [1.82, 2.24) is 0 Å². The summed E-state index contributed by atoms with van der Waals surface area (Å²) in [6, 6.07) is 11.3. The molecule has 4 heteroatoms. The zero-order valence-corrected chi connectivity index (χ0v) is 13.3. The number of benzene rings is 2. The van der Waals surface area contributed by atoms with Crippen LogP contribution < -0.4 is 9.47 Å². The standard InChI is InChI=1S/C16H17BrO3/c1-10-7-14(19-2)15(20-3)9-13(10)16(18)11-5-4-6-12(17)8-11/h4-9,16,18H,1-3H3. The predicted molar refractivity (Wildman–Crippen MR) is 82.5 cm³/mol. The van der Waals surface area contributed by atoms with E-state index in [0.29, 0.717) is 11.5 Å². The van der Waals surface area contributed by atoms with Crippen LogP contribution in [0.3, 0.4) is 0 Å². The normalized spacial score (nSPS) is 12.1. The predicted octanol–water partition coefficient (Wildman–Crippen LogP) is 3.86. The second-order valence-corrected chi connectivity index (χ2v) is 5.44. The van der Waals surface area contributed by atoms with Gasteiger partial charge in [0.2, 0.25) is 0 Å². The first-order valence-electron chi connectivity index (χ1n) is 6.23. The van der Waals surface area contributed by atoms with Crippen molar-refractivity contribution in [2.24, 2.45) is 0 Å². The minimum absolute atomic E-state index is 0.613. The Morgan fingerprint density at radius 2 is 1.70 bits per heavy atom. The van der Waals surface area contributed by atoms with E-state index in [4.69, 9.17) is 9.47 Å². The maximum atomic E-state index is 10.6. The van der Waals surface area contributed by atoms with Gasteiger partial charge in [0.1, 0.15) is 6.10 Å². The molecule has 0 saturated carbocycles. The molecule has 2 rings (SSSR count). The second kappa shape index (κ2) is 6.29. The van der Waals surface area contributed by atoms with Gasteiger partial charge in [-0.2, -0.15) is 0 Å². The quantitative estimate of drug-likeness (QED) is 0.921. The molecule has 0 aliphatic heterocycles. The van der Waals surface area contributed by atoms with Gasteiger partial charge in [0.25, 0.3) is 0 Å². The Balaban J connectivity index is 2.46. The van der Waals surface area contributed by atoms with Crippen LogP contribution in [0, 0.1) is 6.92 Å². The molecule has 0 fully saturated rings. The summed E-state index contributed by atoms with van der Waals surface area (Å²) in [4.78, 5) is 0. The summed E-state index contributed by atoms with van der Waals surface area (Å²) in [6.07, 6.45) is -0.702. The first-order valence-corrected chi connectivity index (χ1v) is 7.02. The Kier molecular flexibility index (Phi) is 4.68. The first-order chi connectivity index (χ1) is 9.56. The Morgan fingerprint density at radius 3 is 2.30 bits per heavy atom. The summed E-state index contributed by atoms with van der Waals surface area (Å²) < 4.78 is 11.5. The summed E-state index contributed by atoms with van der Waals surface area (Å²) >= 11 is 3.42. The van der Waals surface area contributed by atoms with Crippen LogP contribution in [0.2, 0.25) is 0 Å². The number of ether oxygens (including phenoxy) is 2. The largest absolute Gasteiger partial charge is 0.493 e. The Labute approximate surface area is 127 Å². The van der Waals surface area contributed by atoms with E-state index in [2.05, 4.69) is 15.9 Å². The molecule has 0 spiro atoms. The van der Waals surface area contributed by atoms with Gasteiger partial charge in [-0.15, -0.1) is 0 Å². The van der Waals surface area contributed by atoms with E-state index >= 15 is 0 Å². The highest BCUT2D eigenvalue weighted by Gasteiger charge is 2.17. The van der Waals surface area contributed by atoms with E-state index in [1.54, 1.807) is 14.2 Å². The van der Waals surface area contributed by atoms with Crippen LogP contribution in [-0.4, -0.2) is 19.3 Å². The van der Waals surface area contributed by atoms with Crippen molar-refractivity contribution < 1.29 is 14.6 Å². The smallest absolute Gasteiger partial charge is 0.161 e. The Bertz CT molecular complexity index is 611. The third-order valence-corrected chi connectivity index (χ3v) is 3.72. The molecule has 106 valence electrons. The summed E-state index contributed by atoms with van der Waals surface area (Å²) in [5, 5.41) is 10.6. The van der Waals surface area contributed by atoms with Crippen molar-refractivity contribution in [3.05, 3.63) is 57.6 Å². The molecule has 0 bridgehead atoms. The van der Waals surface area contributed by atoms with Gasteiger partial charge in [-0.05, 0) is 47.9 Å². The molecular weight excluding hydrogens is 320 g/mol. The number of halogens is 1. The molecule has 0 aliphatic carbocycles. The van der Waals surface area contributed by atoms with Gasteiger partial charge < -0.3 is 14.6 Å². The number of rotatable bonds is 4. The zero-order valence-electron chi connectivity index (χ0n) is 11.7. The van der Waals surface area contributed by atoms with Crippen molar-refractivity contribution in [2.45, 2.75) is 13.0 Å². The lowest BCUT2D eigenvalue weighted by Crippen LogP contribution is -2.03. The lowest BCUT2D eigenvalue weighted by molar-refractivity contribution is 0.218. The number of methoxy groups -OCH3 is 2. The van der Waals surface area contributed by atoms with Crippen molar-refractivity contribution in [2.75, 3.05) is 14.2 Å². The van der Waals surface area contributed by atoms with E-state index < -0.39 is 6.10 Å². The van der Waals surface area contributed by atoms with E-state index in [1.165, 1.54) is 0 Å². The average molecular weight is 337 g/mol. The molecule has 0 radical (unpaired) electrons. The van der Waals surface area contributed by atoms with Gasteiger partial charge in [0.15, 0.2) is 11.5 Å². The molecule has 2 aromatic rings. The van der Waals surface area contributed by atoms with E-state index in [1.807, 2.05) is 43.3 Å². The average Bonchev–Trinajstić information content (AvgIpc) is 2.46. The second-order valence-electron chi connectivity index (χ2n) is 4.52. The van der Waals surface area contributed by atoms with Gasteiger partial charge in [-0.3, -0.25) is 0 Å². The highest BCUT2D eigenvalue weighted by atomic mass is 79.9. The third-order valence-electron chi connectivity index (χ3n) is 3.23. The molecule has 3 nitrogen and oxygen atoms in total. The molecule has 2 aromatic carbocycles. The lowest BCUT2D eigenvalue weighted by Gasteiger charge is -2.17. The maximum absolute atomic E-state index is 10.6. The molecule has 0 aliphatic rings. The lowest BCUT2D eigenvalue weighted by atomic mass is 9.97. The molecule has 20 heavy (non-hydrogen) atoms. The minimum Gasteiger partial charge on any atom is -0.493 e. The molecule has 1 atom stereocenters. The number of aliphatic hydroxyl groups excluding tert-OH is 1. The highest BCUT2D eigenvalue weighted by molar-refractivity contribution is 9.10. The number of hydrogen-bond donors (Lipinski definition) is 1. The molecule has 0 saturated heterocycles. The molecule has 0 amide bonds. The van der Waals surface area contributed by atoms with Crippen molar-refractivity contribution in [1.29, 1.82) is 0 Å². The van der Waals surface area contributed by atoms with Crippen LogP contribution in [0.15, 0.2) is 40.9 Å². The Morgan fingerprint density at radius 1 is 1.05 bits per heavy atom. The van der Waals surface area contributed by atoms with Crippen LogP contribution in [0.4, 0.5) is 0 Å². The fraction of sp³-hybridized carbons (Fsp3) is 0.250. The molecule has 1 unspecified atom stereocenters. The van der Waals surface area contributed by atoms with Crippen LogP contribution in [-0.2, 0) is 0 Å². The SMILES string of the molecule is COc1cc(C)c(C(O)c2cccc(Br)c2)cc1OC. The van der Waals surface area contributed by atoms with E-state index in [0.717, 1.165) is 21.2 Å². The summed E-state index contributed by atoms with van der Waals surface area (Å²) in [7, 11) is 3.18. The van der Waals surface area contributed by atoms with Crippen molar-refractivity contribution in [3.8, 4) is 11.5 Å². The fourth-order valence-corrected chi connectivity index (χ4v) is 2.56. The van der Waals surface area contributed by atoms with Crippen LogP contribution >= 0.6 is 15.9 Å². The minimum atomic E-state index is -0.702. The number of hydrogen-bond acceptors (Lipinski definition) is 3. The van der Waals surface area contributed by atoms with E-state index in [-0.39, 0.29) is 0 Å². The van der Waals surface area contributed by atoms with Crippen molar-refractivity contribution >= 4 is 15.9 Å². The number of aryl methyl sites for hydroxylation is 1. The van der Waals surface area contributed by atoms with Gasteiger partial charge in [0, 0.05) is 4.47 Å². The maximum Gasteiger partial charge on any atom is 0.161 e. The van der Waals surface area contributed by atoms with Gasteiger partial charge in [0.05, 0.1) is 14.2 Å². The van der Waals surface area contributed by atoms with Crippen LogP contribution in [0.25, 0.3) is 0 Å². The highest BCUT2D eigenvalue weighted by Crippen LogP contribution is 2.35. The zero-order chi connectivity index (χ0) is 14.7. The molecule has 0 aromatic heterocycles. The third kappa shape index (κ3) is 2.97. The monoisotopic (exact) mass is 336 g/mol. The van der Waals surface area contributed by atoms with Crippen LogP contribution in [0.5, 0.6) is 11.5 Å². The first kappa shape index (κ1) is 14.9. The summed E-state index contributed by atoms with van der Waals surface area (Å²) in [6.45, 7) is 1.94. The van der Waals surface area contributed by atoms with E-state index in [9.17, 15) is 5.11 Å². The van der Waals surface area contributed by atoms with Crippen molar-refractivity contribution in [3.63, 3.8) is 0 Å². The van der Waals surface area contributed by atoms with Crippen LogP contribution in [0.1, 0.15) is 22.8 Å². The topological polar surface area (TPSA) is 38.7 Å². The van der Waals surface area contributed by atoms with Gasteiger partial charge in [-0.25, -0.2) is 0 Å². The molecule has 1 N–H and O–H groups in total. The summed E-state index contributed by atoms with van der Waals surface area (Å²) in [5.41, 5.74) is 2.59. The number of aliphatic hydroxyl groups is 1. The summed E-state index contributed by atoms with van der Waals surface area (Å²) in [5.74, 6) is 1.28.